The van der Waals surface area contributed by atoms with E-state index in [9.17, 15) is 0 Å². The molecule has 0 fully saturated rings. The number of hydrogen-bond donors (Lipinski definition) is 0. The summed E-state index contributed by atoms with van der Waals surface area (Å²) in [5.41, 5.74) is 19.1. The van der Waals surface area contributed by atoms with Gasteiger partial charge in [0, 0.05) is 55.7 Å². The Balaban J connectivity index is 0.00000688. The maximum absolute atomic E-state index is 6.74. The summed E-state index contributed by atoms with van der Waals surface area (Å²) in [4.78, 5) is 9.57. The normalized spacial score (nSPS) is 13.0. The zero-order valence-corrected chi connectivity index (χ0v) is 49.6. The number of rotatable bonds is 10. The molecule has 0 atom stereocenters. The molecule has 0 amide bonds. The molecular formula is C72H71N4OPt-3. The summed E-state index contributed by atoms with van der Waals surface area (Å²) >= 11 is 0. The predicted molar refractivity (Wildman–Crippen MR) is 324 cm³/mol. The molecule has 0 radical (unpaired) electrons. The van der Waals surface area contributed by atoms with Gasteiger partial charge in [-0.1, -0.05) is 198 Å². The second-order valence-electron chi connectivity index (χ2n) is 25.1. The van der Waals surface area contributed by atoms with Crippen molar-refractivity contribution < 1.29 is 25.8 Å². The Kier molecular flexibility index (Phi) is 14.5. The van der Waals surface area contributed by atoms with Gasteiger partial charge in [-0.2, -0.15) is 18.8 Å². The van der Waals surface area contributed by atoms with Gasteiger partial charge in [0.2, 0.25) is 0 Å². The average Bonchev–Trinajstić information content (AvgIpc) is 4.13. The van der Waals surface area contributed by atoms with Gasteiger partial charge in [-0.15, -0.1) is 41.4 Å². The SMILES string of the molecule is CC(C)(C)c1cc(-c2cccc(-c3ccc(C(C)(C)C)cc3CCN3[CH-]N(c4[c-]c(Oc5[c-]c6c(cc5)c5cc(-c7ccccc7)ccc5n6-c5cc(C(C)(C)C)ccn5)ccc4)c4ccccc43)c2)cc(C(C)(C)C)c1.[Pt]. The minimum absolute atomic E-state index is 0. The molecule has 10 aromatic rings. The van der Waals surface area contributed by atoms with Gasteiger partial charge in [0.1, 0.15) is 5.82 Å². The number of benzene rings is 8. The topological polar surface area (TPSA) is 33.5 Å². The van der Waals surface area contributed by atoms with Crippen molar-refractivity contribution in [2.75, 3.05) is 16.3 Å². The quantitative estimate of drug-likeness (QED) is 0.128. The molecule has 1 aliphatic heterocycles. The summed E-state index contributed by atoms with van der Waals surface area (Å²) < 4.78 is 8.96. The molecule has 1 aliphatic rings. The number of fused-ring (bicyclic) bond motifs is 4. The summed E-state index contributed by atoms with van der Waals surface area (Å²) in [6.07, 6.45) is 2.76. The van der Waals surface area contributed by atoms with Gasteiger partial charge in [0.25, 0.3) is 0 Å². The Labute approximate surface area is 478 Å². The Hall–Kier alpha value is -7.20. The smallest absolute Gasteiger partial charge is 0.135 e. The zero-order chi connectivity index (χ0) is 54.0. The zero-order valence-electron chi connectivity index (χ0n) is 47.3. The summed E-state index contributed by atoms with van der Waals surface area (Å²) in [5, 5.41) is 2.21. The van der Waals surface area contributed by atoms with E-state index in [4.69, 9.17) is 9.72 Å². The number of aromatic nitrogens is 2. The summed E-state index contributed by atoms with van der Waals surface area (Å²) in [6.45, 7) is 30.5. The maximum Gasteiger partial charge on any atom is 0.135 e. The first-order valence-electron chi connectivity index (χ1n) is 27.3. The van der Waals surface area contributed by atoms with Crippen LogP contribution in [0.5, 0.6) is 11.5 Å². The van der Waals surface area contributed by atoms with Gasteiger partial charge in [-0.25, -0.2) is 4.98 Å². The summed E-state index contributed by atoms with van der Waals surface area (Å²) in [7, 11) is 0. The summed E-state index contributed by atoms with van der Waals surface area (Å²) in [5.74, 6) is 2.05. The summed E-state index contributed by atoms with van der Waals surface area (Å²) in [6, 6.07) is 71.4. The van der Waals surface area contributed by atoms with Crippen LogP contribution in [0.4, 0.5) is 17.1 Å². The molecule has 8 aromatic carbocycles. The van der Waals surface area contributed by atoms with Crippen molar-refractivity contribution in [2.24, 2.45) is 0 Å². The van der Waals surface area contributed by atoms with E-state index in [1.54, 1.807) is 0 Å². The Bertz CT molecular complexity index is 3790. The van der Waals surface area contributed by atoms with Crippen LogP contribution in [0.1, 0.15) is 111 Å². The van der Waals surface area contributed by atoms with Crippen LogP contribution in [0.25, 0.3) is 61.0 Å². The Morgan fingerprint density at radius 2 is 1.10 bits per heavy atom. The van der Waals surface area contributed by atoms with Crippen LogP contribution in [0.15, 0.2) is 182 Å². The van der Waals surface area contributed by atoms with Crippen LogP contribution in [0.2, 0.25) is 0 Å². The van der Waals surface area contributed by atoms with Crippen LogP contribution >= 0.6 is 0 Å². The molecule has 78 heavy (non-hydrogen) atoms. The third-order valence-electron chi connectivity index (χ3n) is 15.3. The van der Waals surface area contributed by atoms with Gasteiger partial charge < -0.3 is 19.1 Å². The fraction of sp³-hybridized carbons (Fsp3) is 0.250. The monoisotopic (exact) mass is 1200 g/mol. The molecule has 6 heteroatoms. The van der Waals surface area contributed by atoms with E-state index in [0.29, 0.717) is 11.5 Å². The second-order valence-corrected chi connectivity index (χ2v) is 25.1. The molecular weight excluding hydrogens is 1130 g/mol. The maximum atomic E-state index is 6.74. The van der Waals surface area contributed by atoms with E-state index >= 15 is 0 Å². The minimum atomic E-state index is -0.0490. The van der Waals surface area contributed by atoms with E-state index in [0.717, 1.165) is 63.2 Å². The van der Waals surface area contributed by atoms with Crippen molar-refractivity contribution in [1.82, 2.24) is 9.55 Å². The van der Waals surface area contributed by atoms with Crippen LogP contribution in [-0.4, -0.2) is 16.1 Å². The number of nitrogens with zero attached hydrogens (tertiary/aromatic N) is 4. The van der Waals surface area contributed by atoms with Crippen molar-refractivity contribution in [1.29, 1.82) is 0 Å². The minimum Gasteiger partial charge on any atom is -0.509 e. The molecule has 0 bridgehead atoms. The molecule has 0 aliphatic carbocycles. The van der Waals surface area contributed by atoms with Gasteiger partial charge in [0.05, 0.1) is 0 Å². The largest absolute Gasteiger partial charge is 0.509 e. The van der Waals surface area contributed by atoms with Crippen LogP contribution in [-0.2, 0) is 49.1 Å². The van der Waals surface area contributed by atoms with Gasteiger partial charge >= 0.3 is 0 Å². The predicted octanol–water partition coefficient (Wildman–Crippen LogP) is 19.1. The molecule has 0 unspecified atom stereocenters. The van der Waals surface area contributed by atoms with E-state index in [-0.39, 0.29) is 42.7 Å². The second kappa shape index (κ2) is 20.9. The van der Waals surface area contributed by atoms with E-state index in [1.165, 1.54) is 55.6 Å². The van der Waals surface area contributed by atoms with Crippen LogP contribution in [0, 0.1) is 18.8 Å². The molecule has 0 saturated heterocycles. The van der Waals surface area contributed by atoms with Crippen molar-refractivity contribution in [3.05, 3.63) is 229 Å². The van der Waals surface area contributed by atoms with E-state index in [2.05, 4.69) is 274 Å². The van der Waals surface area contributed by atoms with Gasteiger partial charge in [-0.3, -0.25) is 0 Å². The third kappa shape index (κ3) is 11.0. The molecule has 11 rings (SSSR count). The Morgan fingerprint density at radius 1 is 0.474 bits per heavy atom. The number of para-hydroxylation sites is 2. The average molecular weight is 1200 g/mol. The van der Waals surface area contributed by atoms with Crippen molar-refractivity contribution in [3.63, 3.8) is 0 Å². The van der Waals surface area contributed by atoms with Crippen LogP contribution in [0.3, 0.4) is 0 Å². The first-order valence-corrected chi connectivity index (χ1v) is 27.3. The third-order valence-corrected chi connectivity index (χ3v) is 15.3. The standard InChI is InChI=1S/C72H71N4O.Pt/c1-69(2,3)54-29-31-61(51-23-18-22-49(38-51)53-40-56(71(7,8)9)43-57(41-53)72(10,11)12)52(39-54)35-37-74-47-75(66-27-17-16-26-65(66)74)58-24-19-25-59(45-58)77-60-30-32-62-63-42-50(48-20-14-13-15-21-48)28-33-64(63)76(67(62)46-60)68-44-55(34-36-73-68)70(4,5)6;/h13-34,36,38-44,47H,35,37H2,1-12H3;/q-3;. The number of pyridine rings is 1. The molecule has 398 valence electrons. The first-order chi connectivity index (χ1) is 36.7. The van der Waals surface area contributed by atoms with Gasteiger partial charge in [-0.05, 0) is 138 Å². The molecule has 5 nitrogen and oxygen atoms in total. The molecule has 0 saturated carbocycles. The molecule has 2 aromatic heterocycles. The van der Waals surface area contributed by atoms with Crippen molar-refractivity contribution >= 4 is 38.9 Å². The number of anilines is 3. The van der Waals surface area contributed by atoms with Crippen molar-refractivity contribution in [3.8, 4) is 50.7 Å². The fourth-order valence-corrected chi connectivity index (χ4v) is 10.7. The first kappa shape index (κ1) is 54.2. The molecule has 0 N–H and O–H groups in total. The van der Waals surface area contributed by atoms with Gasteiger partial charge in [0.15, 0.2) is 0 Å². The fourth-order valence-electron chi connectivity index (χ4n) is 10.7. The van der Waals surface area contributed by atoms with Crippen molar-refractivity contribution in [2.45, 2.75) is 111 Å². The number of ether oxygens (including phenoxy) is 1. The number of hydrogen-bond acceptors (Lipinski definition) is 4. The Morgan fingerprint density at radius 3 is 1.82 bits per heavy atom. The van der Waals surface area contributed by atoms with E-state index in [1.807, 2.05) is 24.4 Å². The molecule has 0 spiro atoms. The molecule has 3 heterocycles. The van der Waals surface area contributed by atoms with E-state index < -0.39 is 0 Å². The van der Waals surface area contributed by atoms with Crippen LogP contribution < -0.4 is 14.5 Å².